The summed E-state index contributed by atoms with van der Waals surface area (Å²) >= 11 is 9.82. The number of benzene rings is 4. The van der Waals surface area contributed by atoms with Gasteiger partial charge in [0, 0.05) is 21.2 Å². The molecule has 0 unspecified atom stereocenters. The normalized spacial score (nSPS) is 11.1. The number of rotatable bonds is 6. The van der Waals surface area contributed by atoms with E-state index in [4.69, 9.17) is 40.1 Å². The Kier molecular flexibility index (Phi) is 10.7. The van der Waals surface area contributed by atoms with Gasteiger partial charge in [0.1, 0.15) is 23.6 Å². The van der Waals surface area contributed by atoms with E-state index in [0.29, 0.717) is 0 Å². The zero-order chi connectivity index (χ0) is 22.9. The minimum Gasteiger partial charge on any atom is -0.0622 e. The van der Waals surface area contributed by atoms with Crippen LogP contribution < -0.4 is 21.2 Å². The molecule has 0 aliphatic heterocycles. The molecule has 0 nitrogen and oxygen atoms in total. The molecule has 32 heavy (non-hydrogen) atoms. The van der Waals surface area contributed by atoms with Crippen LogP contribution in [0.3, 0.4) is 0 Å². The van der Waals surface area contributed by atoms with E-state index in [9.17, 15) is 0 Å². The van der Waals surface area contributed by atoms with Crippen LogP contribution in [-0.4, -0.2) is 5.90 Å². The van der Waals surface area contributed by atoms with Crippen LogP contribution in [0.4, 0.5) is 0 Å². The van der Waals surface area contributed by atoms with E-state index in [1.807, 2.05) is 0 Å². The van der Waals surface area contributed by atoms with Crippen molar-refractivity contribution < 1.29 is 22.1 Å². The van der Waals surface area contributed by atoms with Crippen LogP contribution in [0.1, 0.15) is 0 Å². The quantitative estimate of drug-likeness (QED) is 0.0986. The second-order valence-electron chi connectivity index (χ2n) is 7.12. The Morgan fingerprint density at radius 1 is 0.469 bits per heavy atom. The molecule has 0 amide bonds. The van der Waals surface area contributed by atoms with E-state index in [2.05, 4.69) is 121 Å². The van der Waals surface area contributed by atoms with Gasteiger partial charge in [-0.1, -0.05) is 72.8 Å². The number of halogens is 2. The predicted octanol–water partition coefficient (Wildman–Crippen LogP) is 6.05. The fourth-order valence-corrected chi connectivity index (χ4v) is 17.8. The smallest absolute Gasteiger partial charge is 0.0622 e. The molecule has 0 saturated heterocycles. The molecule has 0 N–H and O–H groups in total. The zero-order valence-corrected chi connectivity index (χ0v) is 28.1. The first-order valence-corrected chi connectivity index (χ1v) is 29.9. The molecule has 0 heterocycles. The van der Waals surface area contributed by atoms with Crippen molar-refractivity contribution in [3.63, 3.8) is 0 Å². The monoisotopic (exact) mass is 722 g/mol. The number of thiol groups is 2. The molecule has 0 radical (unpaired) electrons. The van der Waals surface area contributed by atoms with Crippen LogP contribution >= 0.6 is 28.6 Å². The van der Waals surface area contributed by atoms with Crippen LogP contribution in [0.15, 0.2) is 121 Å². The Hall–Kier alpha value is -0.305. The molecule has 0 saturated carbocycles. The second kappa shape index (κ2) is 13.0. The largest absolute Gasteiger partial charge is 0.190 e. The standard InChI is InChI=1S/C25H22P2S2.2ClH.Hg/c28-26(22-13-5-1-6-14-22,23-15-7-2-8-16-23)21-27(29,24-17-9-3-10-18-24)25-19-11-4-12-20-25;;;/h1-20H,21H2;2*1H;/q;;;+2. The Morgan fingerprint density at radius 3 is 0.844 bits per heavy atom. The molecule has 0 atom stereocenters. The van der Waals surface area contributed by atoms with Crippen LogP contribution in [0.5, 0.6) is 0 Å². The molecule has 0 aromatic heterocycles. The Bertz CT molecular complexity index is 1010. The van der Waals surface area contributed by atoms with Crippen molar-refractivity contribution in [2.75, 3.05) is 5.90 Å². The molecule has 0 aliphatic rings. The first-order valence-electron chi connectivity index (χ1n) is 10.1. The van der Waals surface area contributed by atoms with Gasteiger partial charge < -0.3 is 0 Å². The average molecular weight is 722 g/mol. The van der Waals surface area contributed by atoms with Crippen molar-refractivity contribution >= 4 is 73.4 Å². The van der Waals surface area contributed by atoms with Gasteiger partial charge in [-0.15, -0.1) is 0 Å². The maximum absolute atomic E-state index is 5.48. The second-order valence-corrected chi connectivity index (χ2v) is 25.4. The van der Waals surface area contributed by atoms with Gasteiger partial charge in [-0.25, -0.2) is 0 Å². The van der Waals surface area contributed by atoms with Crippen molar-refractivity contribution in [3.05, 3.63) is 121 Å². The minimum atomic E-state index is -1.96. The molecule has 0 aliphatic carbocycles. The van der Waals surface area contributed by atoms with Gasteiger partial charge in [0.15, 0.2) is 12.1 Å². The van der Waals surface area contributed by atoms with E-state index in [1.165, 1.54) is 21.2 Å². The maximum Gasteiger partial charge on any atom is 0.190 e. The molecule has 4 aromatic carbocycles. The fraction of sp³-hybridized carbons (Fsp3) is 0.0400. The van der Waals surface area contributed by atoms with Crippen molar-refractivity contribution in [2.24, 2.45) is 0 Å². The molecule has 160 valence electrons. The van der Waals surface area contributed by atoms with Crippen LogP contribution in [0.2, 0.25) is 0 Å². The molecule has 4 aromatic rings. The van der Waals surface area contributed by atoms with Gasteiger partial charge >= 0.3 is 38.6 Å². The summed E-state index contributed by atoms with van der Waals surface area (Å²) in [7, 11) is 9.97. The zero-order valence-electron chi connectivity index (χ0n) is 17.5. The third-order valence-corrected chi connectivity index (χ3v) is 18.1. The van der Waals surface area contributed by atoms with E-state index in [-0.39, 0.29) is 0 Å². The van der Waals surface area contributed by atoms with Crippen LogP contribution in [-0.2, 0) is 45.7 Å². The van der Waals surface area contributed by atoms with E-state index in [0.717, 1.165) is 5.90 Å². The number of hydrogen-bond acceptors (Lipinski definition) is 0. The van der Waals surface area contributed by atoms with E-state index >= 15 is 0 Å². The summed E-state index contributed by atoms with van der Waals surface area (Å²) in [6.45, 7) is 0. The summed E-state index contributed by atoms with van der Waals surface area (Å²) in [6, 6.07) is 39.1. The number of hydrogen-bond donors (Lipinski definition) is 0. The third-order valence-electron chi connectivity index (χ3n) is 5.14. The van der Waals surface area contributed by atoms with E-state index < -0.39 is 34.2 Å². The summed E-state index contributed by atoms with van der Waals surface area (Å²) in [6.07, 6.45) is 0. The summed E-state index contributed by atoms with van der Waals surface area (Å²) in [4.78, 5) is 0. The van der Waals surface area contributed by atoms with Crippen LogP contribution in [0.25, 0.3) is 0 Å². The average Bonchev–Trinajstić information content (AvgIpc) is 2.86. The Morgan fingerprint density at radius 2 is 0.656 bits per heavy atom. The van der Waals surface area contributed by atoms with Crippen molar-refractivity contribution in [1.29, 1.82) is 0 Å². The van der Waals surface area contributed by atoms with Crippen molar-refractivity contribution in [1.82, 2.24) is 0 Å². The summed E-state index contributed by atoms with van der Waals surface area (Å²) in [5.74, 6) is 0.925. The molecule has 0 bridgehead atoms. The SMILES string of the molecule is [Cl][Hg][Cl].[SH+]=P(CP(=[SH+])(c1ccccc1)c1ccccc1)(c1ccccc1)c1ccccc1. The minimum absolute atomic E-state index is 0.925. The Labute approximate surface area is 220 Å². The molecular weight excluding hydrogens is 698 g/mol. The Balaban J connectivity index is 0.000000913. The first-order chi connectivity index (χ1) is 15.5. The van der Waals surface area contributed by atoms with Gasteiger partial charge in [-0.05, 0) is 48.5 Å². The molecule has 4 rings (SSSR count). The summed E-state index contributed by atoms with van der Waals surface area (Å²) < 4.78 is 0. The topological polar surface area (TPSA) is 0 Å². The van der Waals surface area contributed by atoms with Gasteiger partial charge in [0.05, 0.1) is 5.90 Å². The fourth-order valence-electron chi connectivity index (χ4n) is 3.62. The molecular formula is C25H24Cl2HgP2S2+2. The van der Waals surface area contributed by atoms with Gasteiger partial charge in [0.25, 0.3) is 0 Å². The third kappa shape index (κ3) is 6.42. The maximum atomic E-state index is 5.48. The molecule has 7 heteroatoms. The van der Waals surface area contributed by atoms with Gasteiger partial charge in [-0.2, -0.15) is 0 Å². The molecule has 0 fully saturated rings. The van der Waals surface area contributed by atoms with Gasteiger partial charge in [0.2, 0.25) is 0 Å². The predicted molar refractivity (Wildman–Crippen MR) is 152 cm³/mol. The first kappa shape index (κ1) is 26.3. The summed E-state index contributed by atoms with van der Waals surface area (Å²) in [5.41, 5.74) is 0. The molecule has 0 spiro atoms. The van der Waals surface area contributed by atoms with Crippen molar-refractivity contribution in [2.45, 2.75) is 0 Å². The van der Waals surface area contributed by atoms with Crippen molar-refractivity contribution in [3.8, 4) is 0 Å². The van der Waals surface area contributed by atoms with Gasteiger partial charge in [-0.3, -0.25) is 0 Å². The summed E-state index contributed by atoms with van der Waals surface area (Å²) in [5, 5.41) is 5.22. The van der Waals surface area contributed by atoms with Crippen LogP contribution in [0, 0.1) is 0 Å². The van der Waals surface area contributed by atoms with E-state index in [1.54, 1.807) is 0 Å².